The van der Waals surface area contributed by atoms with Crippen LogP contribution < -0.4 is 0 Å². The quantitative estimate of drug-likeness (QED) is 0.559. The normalized spacial score (nSPS) is 9.26. The van der Waals surface area contributed by atoms with Crippen LogP contribution in [0.4, 0.5) is 0 Å². The molecule has 0 unspecified atom stereocenters. The maximum absolute atomic E-state index is 10.9. The maximum atomic E-state index is 10.9. The Kier molecular flexibility index (Phi) is 6.32. The van der Waals surface area contributed by atoms with E-state index in [-0.39, 0.29) is 51.4 Å². The molecule has 0 aliphatic carbocycles. The molecule has 0 fully saturated rings. The average Bonchev–Trinajstić information content (AvgIpc) is 2.26. The van der Waals surface area contributed by atoms with Gasteiger partial charge >= 0.3 is 75.3 Å². The van der Waals surface area contributed by atoms with Gasteiger partial charge in [-0.25, -0.2) is 19.2 Å². The van der Waals surface area contributed by atoms with E-state index in [4.69, 9.17) is 20.4 Å². The molecule has 1 rings (SSSR count). The monoisotopic (exact) mass is 294 g/mol. The van der Waals surface area contributed by atoms with Crippen molar-refractivity contribution in [2.75, 3.05) is 0 Å². The Hall–Kier alpha value is -1.26. The summed E-state index contributed by atoms with van der Waals surface area (Å²) >= 11 is 0. The summed E-state index contributed by atoms with van der Waals surface area (Å²) in [6.07, 6.45) is 0. The third-order valence-corrected chi connectivity index (χ3v) is 2.09. The van der Waals surface area contributed by atoms with Crippen LogP contribution in [-0.4, -0.2) is 95.7 Å². The Balaban J connectivity index is 0.00000324. The number of benzene rings is 1. The second-order valence-corrected chi connectivity index (χ2v) is 3.13. The van der Waals surface area contributed by atoms with Gasteiger partial charge in [-0.2, -0.15) is 0 Å². The Bertz CT molecular complexity index is 526. The van der Waals surface area contributed by atoms with E-state index in [0.29, 0.717) is 0 Å². The average molecular weight is 294 g/mol. The van der Waals surface area contributed by atoms with Crippen LogP contribution in [0.5, 0.6) is 0 Å². The first-order valence-electron chi connectivity index (χ1n) is 4.37. The molecule has 0 bridgehead atoms. The van der Waals surface area contributed by atoms with Gasteiger partial charge in [0.1, 0.15) is 0 Å². The fourth-order valence-corrected chi connectivity index (χ4v) is 1.40. The molecule has 0 spiro atoms. The van der Waals surface area contributed by atoms with E-state index in [0.717, 1.165) is 12.1 Å². The molecule has 4 N–H and O–H groups in total. The van der Waals surface area contributed by atoms with Gasteiger partial charge in [-0.3, -0.25) is 0 Å². The van der Waals surface area contributed by atoms with Crippen molar-refractivity contribution in [3.8, 4) is 0 Å². The molecule has 0 aliphatic heterocycles. The molecule has 0 saturated carbocycles. The van der Waals surface area contributed by atoms with Crippen molar-refractivity contribution >= 4 is 75.3 Å². The van der Waals surface area contributed by atoms with E-state index in [1.807, 2.05) is 0 Å². The van der Waals surface area contributed by atoms with Crippen LogP contribution in [0.2, 0.25) is 0 Å². The number of carbonyl (C=O) groups is 4. The molecule has 0 radical (unpaired) electrons. The predicted molar refractivity (Wildman–Crippen MR) is 61.4 cm³/mol. The van der Waals surface area contributed by atoms with Gasteiger partial charge in [0, 0.05) is 0 Å². The number of hydrogen-bond donors (Lipinski definition) is 4. The summed E-state index contributed by atoms with van der Waals surface area (Å²) < 4.78 is 0. The molecule has 1 aromatic carbocycles. The van der Waals surface area contributed by atoms with Crippen LogP contribution in [-0.2, 0) is 0 Å². The van der Waals surface area contributed by atoms with Gasteiger partial charge in [-0.05, 0) is 12.1 Å². The molecule has 1 aromatic rings. The molecule has 0 aliphatic rings. The Morgan fingerprint density at radius 2 is 0.895 bits per heavy atom. The zero-order valence-corrected chi connectivity index (χ0v) is 8.58. The minimum atomic E-state index is -1.83. The standard InChI is InChI=1S/C10H6O8.K.H/c11-7(12)3-1-2-4(8(13)14)6(10(17)18)5(3)9(15)16;;/h1-2H,(H,11,12)(H,13,14)(H,15,16)(H,17,18);;. The van der Waals surface area contributed by atoms with Gasteiger partial charge in [-0.15, -0.1) is 0 Å². The van der Waals surface area contributed by atoms with Crippen LogP contribution in [0.3, 0.4) is 0 Å². The van der Waals surface area contributed by atoms with Crippen LogP contribution in [0.1, 0.15) is 41.4 Å². The SMILES string of the molecule is O=C(O)c1ccc(C(=O)O)c(C(=O)O)c1C(=O)O.[KH]. The van der Waals surface area contributed by atoms with E-state index in [9.17, 15) is 19.2 Å². The first kappa shape index (κ1) is 17.7. The van der Waals surface area contributed by atoms with Crippen molar-refractivity contribution in [3.05, 3.63) is 34.4 Å². The minimum absolute atomic E-state index is 0. The molecular formula is C10H7KO8. The number of rotatable bonds is 4. The van der Waals surface area contributed by atoms with Crippen molar-refractivity contribution in [2.45, 2.75) is 0 Å². The van der Waals surface area contributed by atoms with E-state index >= 15 is 0 Å². The fourth-order valence-electron chi connectivity index (χ4n) is 1.40. The van der Waals surface area contributed by atoms with E-state index in [1.165, 1.54) is 0 Å². The first-order valence-corrected chi connectivity index (χ1v) is 4.37. The van der Waals surface area contributed by atoms with Gasteiger partial charge in [0.25, 0.3) is 0 Å². The van der Waals surface area contributed by atoms with Crippen molar-refractivity contribution < 1.29 is 39.6 Å². The number of carboxylic acid groups (broad SMARTS) is 4. The Morgan fingerprint density at radius 1 is 0.632 bits per heavy atom. The fraction of sp³-hybridized carbons (Fsp3) is 0. The molecular weight excluding hydrogens is 287 g/mol. The molecule has 0 saturated heterocycles. The van der Waals surface area contributed by atoms with E-state index in [2.05, 4.69) is 0 Å². The summed E-state index contributed by atoms with van der Waals surface area (Å²) in [5.74, 6) is -6.97. The predicted octanol–water partition coefficient (Wildman–Crippen LogP) is -0.169. The zero-order valence-electron chi connectivity index (χ0n) is 8.58. The van der Waals surface area contributed by atoms with Gasteiger partial charge in [0.15, 0.2) is 0 Å². The van der Waals surface area contributed by atoms with Gasteiger partial charge in [-0.1, -0.05) is 0 Å². The molecule has 0 aromatic heterocycles. The van der Waals surface area contributed by atoms with E-state index < -0.39 is 46.1 Å². The van der Waals surface area contributed by atoms with Crippen molar-refractivity contribution in [2.24, 2.45) is 0 Å². The van der Waals surface area contributed by atoms with E-state index in [1.54, 1.807) is 0 Å². The number of aromatic carboxylic acids is 4. The van der Waals surface area contributed by atoms with Crippen molar-refractivity contribution in [1.82, 2.24) is 0 Å². The van der Waals surface area contributed by atoms with Gasteiger partial charge in [0.2, 0.25) is 0 Å². The van der Waals surface area contributed by atoms with Crippen LogP contribution in [0, 0.1) is 0 Å². The molecule has 0 amide bonds. The summed E-state index contributed by atoms with van der Waals surface area (Å²) in [5, 5.41) is 35.2. The third kappa shape index (κ3) is 3.61. The van der Waals surface area contributed by atoms with Gasteiger partial charge < -0.3 is 20.4 Å². The third-order valence-electron chi connectivity index (χ3n) is 2.09. The van der Waals surface area contributed by atoms with Crippen molar-refractivity contribution in [3.63, 3.8) is 0 Å². The second-order valence-electron chi connectivity index (χ2n) is 3.13. The van der Waals surface area contributed by atoms with Gasteiger partial charge in [0.05, 0.1) is 22.3 Å². The van der Waals surface area contributed by atoms with Crippen LogP contribution in [0.15, 0.2) is 12.1 Å². The summed E-state index contributed by atoms with van der Waals surface area (Å²) in [7, 11) is 0. The Morgan fingerprint density at radius 3 is 1.05 bits per heavy atom. The summed E-state index contributed by atoms with van der Waals surface area (Å²) in [6, 6.07) is 1.48. The van der Waals surface area contributed by atoms with Crippen molar-refractivity contribution in [1.29, 1.82) is 0 Å². The summed E-state index contributed by atoms with van der Waals surface area (Å²) in [6.45, 7) is 0. The summed E-state index contributed by atoms with van der Waals surface area (Å²) in [5.41, 5.74) is -3.69. The number of hydrogen-bond acceptors (Lipinski definition) is 4. The first-order chi connectivity index (χ1) is 8.27. The molecule has 8 nitrogen and oxygen atoms in total. The number of carboxylic acids is 4. The molecule has 0 atom stereocenters. The topological polar surface area (TPSA) is 149 Å². The molecule has 0 heterocycles. The summed E-state index contributed by atoms with van der Waals surface area (Å²) in [4.78, 5) is 43.4. The van der Waals surface area contributed by atoms with Crippen LogP contribution >= 0.6 is 0 Å². The Labute approximate surface area is 148 Å². The zero-order chi connectivity index (χ0) is 14.0. The molecule has 96 valence electrons. The molecule has 9 heteroatoms. The second kappa shape index (κ2) is 6.77. The molecule has 19 heavy (non-hydrogen) atoms. The van der Waals surface area contributed by atoms with Crippen LogP contribution in [0.25, 0.3) is 0 Å².